The van der Waals surface area contributed by atoms with E-state index in [1.54, 1.807) is 7.11 Å². The average Bonchev–Trinajstić information content (AvgIpc) is 2.76. The maximum Gasteiger partial charge on any atom is 0.573 e. The Morgan fingerprint density at radius 3 is 2.29 bits per heavy atom. The van der Waals surface area contributed by atoms with Gasteiger partial charge in [-0.15, -0.1) is 13.2 Å². The van der Waals surface area contributed by atoms with E-state index in [-0.39, 0.29) is 5.75 Å². The van der Waals surface area contributed by atoms with Gasteiger partial charge < -0.3 is 19.5 Å². The normalized spacial score (nSPS) is 11.2. The lowest BCUT2D eigenvalue weighted by Gasteiger charge is -2.15. The first-order valence-corrected chi connectivity index (χ1v) is 9.49. The number of rotatable bonds is 8. The molecule has 0 saturated heterocycles. The van der Waals surface area contributed by atoms with E-state index in [2.05, 4.69) is 20.0 Å². The highest BCUT2D eigenvalue weighted by Crippen LogP contribution is 2.36. The Labute approximate surface area is 178 Å². The van der Waals surface area contributed by atoms with Crippen LogP contribution in [0.1, 0.15) is 18.2 Å². The van der Waals surface area contributed by atoms with Crippen molar-refractivity contribution in [2.45, 2.75) is 26.3 Å². The molecular weight excluding hydrogens is 411 g/mol. The quantitative estimate of drug-likeness (QED) is 0.525. The topological polar surface area (TPSA) is 65.5 Å². The number of methoxy groups -OCH3 is 2. The van der Waals surface area contributed by atoms with Crippen LogP contribution in [0.3, 0.4) is 0 Å². The van der Waals surface area contributed by atoms with Gasteiger partial charge in [0.15, 0.2) is 0 Å². The molecule has 0 radical (unpaired) electrons. The van der Waals surface area contributed by atoms with E-state index >= 15 is 0 Å². The molecule has 1 aromatic heterocycles. The standard InChI is InChI=1S/C22H22F3N3O3/c1-4-18-21(17-11-16(31-22(23,24)25)9-10-19(17)30-3)27-13-20(28-18)26-12-14-5-7-15(29-2)8-6-14/h5-11,13H,4,12H2,1-3H3,(H,26,28). The zero-order chi connectivity index (χ0) is 22.4. The first kappa shape index (κ1) is 22.2. The Morgan fingerprint density at radius 2 is 1.68 bits per heavy atom. The predicted molar refractivity (Wildman–Crippen MR) is 110 cm³/mol. The Morgan fingerprint density at radius 1 is 0.968 bits per heavy atom. The molecule has 0 fully saturated rings. The van der Waals surface area contributed by atoms with Crippen molar-refractivity contribution in [3.05, 3.63) is 59.9 Å². The molecule has 0 aliphatic rings. The van der Waals surface area contributed by atoms with Crippen LogP contribution in [-0.2, 0) is 13.0 Å². The zero-order valence-electron chi connectivity index (χ0n) is 17.3. The first-order valence-electron chi connectivity index (χ1n) is 9.49. The third-order valence-electron chi connectivity index (χ3n) is 4.47. The van der Waals surface area contributed by atoms with Crippen molar-refractivity contribution in [1.82, 2.24) is 9.97 Å². The van der Waals surface area contributed by atoms with Gasteiger partial charge >= 0.3 is 6.36 Å². The van der Waals surface area contributed by atoms with Crippen LogP contribution in [0.15, 0.2) is 48.7 Å². The number of nitrogens with zero attached hydrogens (tertiary/aromatic N) is 2. The third-order valence-corrected chi connectivity index (χ3v) is 4.47. The molecule has 0 amide bonds. The summed E-state index contributed by atoms with van der Waals surface area (Å²) < 4.78 is 52.4. The fraction of sp³-hybridized carbons (Fsp3) is 0.273. The summed E-state index contributed by atoms with van der Waals surface area (Å²) in [7, 11) is 3.05. The molecule has 2 aromatic carbocycles. The van der Waals surface area contributed by atoms with E-state index < -0.39 is 6.36 Å². The van der Waals surface area contributed by atoms with Gasteiger partial charge in [0.2, 0.25) is 0 Å². The van der Waals surface area contributed by atoms with Crippen molar-refractivity contribution >= 4 is 5.82 Å². The molecular formula is C22H22F3N3O3. The van der Waals surface area contributed by atoms with Gasteiger partial charge in [0.25, 0.3) is 0 Å². The number of anilines is 1. The van der Waals surface area contributed by atoms with Crippen molar-refractivity contribution < 1.29 is 27.4 Å². The van der Waals surface area contributed by atoms with Gasteiger partial charge in [-0.3, -0.25) is 4.98 Å². The highest BCUT2D eigenvalue weighted by Gasteiger charge is 2.31. The number of hydrogen-bond acceptors (Lipinski definition) is 6. The van der Waals surface area contributed by atoms with Crippen molar-refractivity contribution in [3.8, 4) is 28.5 Å². The molecule has 9 heteroatoms. The molecule has 0 atom stereocenters. The average molecular weight is 433 g/mol. The smallest absolute Gasteiger partial charge is 0.497 e. The van der Waals surface area contributed by atoms with Gasteiger partial charge in [-0.25, -0.2) is 4.98 Å². The number of aromatic nitrogens is 2. The van der Waals surface area contributed by atoms with Crippen LogP contribution >= 0.6 is 0 Å². The lowest BCUT2D eigenvalue weighted by Crippen LogP contribution is -2.17. The molecule has 0 aliphatic heterocycles. The minimum absolute atomic E-state index is 0.353. The minimum Gasteiger partial charge on any atom is -0.497 e. The lowest BCUT2D eigenvalue weighted by atomic mass is 10.1. The largest absolute Gasteiger partial charge is 0.573 e. The highest BCUT2D eigenvalue weighted by molar-refractivity contribution is 5.71. The van der Waals surface area contributed by atoms with Gasteiger partial charge in [0, 0.05) is 12.1 Å². The molecule has 1 N–H and O–H groups in total. The second kappa shape index (κ2) is 9.55. The van der Waals surface area contributed by atoms with Crippen LogP contribution < -0.4 is 19.5 Å². The monoisotopic (exact) mass is 433 g/mol. The minimum atomic E-state index is -4.79. The number of hydrogen-bond donors (Lipinski definition) is 1. The Bertz CT molecular complexity index is 1020. The second-order valence-electron chi connectivity index (χ2n) is 6.52. The van der Waals surface area contributed by atoms with Crippen LogP contribution in [0.25, 0.3) is 11.3 Å². The van der Waals surface area contributed by atoms with Crippen LogP contribution in [-0.4, -0.2) is 30.5 Å². The molecule has 3 rings (SSSR count). The van der Waals surface area contributed by atoms with E-state index in [0.29, 0.717) is 41.5 Å². The molecule has 164 valence electrons. The number of alkyl halides is 3. The van der Waals surface area contributed by atoms with Crippen molar-refractivity contribution in [1.29, 1.82) is 0 Å². The summed E-state index contributed by atoms with van der Waals surface area (Å²) in [6, 6.07) is 11.5. The lowest BCUT2D eigenvalue weighted by molar-refractivity contribution is -0.274. The van der Waals surface area contributed by atoms with E-state index in [0.717, 1.165) is 11.3 Å². The van der Waals surface area contributed by atoms with E-state index in [1.807, 2.05) is 31.2 Å². The number of nitrogens with one attached hydrogen (secondary N) is 1. The van der Waals surface area contributed by atoms with Crippen LogP contribution in [0.5, 0.6) is 17.2 Å². The van der Waals surface area contributed by atoms with Gasteiger partial charge in [-0.1, -0.05) is 19.1 Å². The van der Waals surface area contributed by atoms with Crippen LogP contribution in [0.4, 0.5) is 19.0 Å². The maximum absolute atomic E-state index is 12.6. The fourth-order valence-electron chi connectivity index (χ4n) is 2.99. The first-order chi connectivity index (χ1) is 14.8. The van der Waals surface area contributed by atoms with Crippen LogP contribution in [0.2, 0.25) is 0 Å². The molecule has 0 bridgehead atoms. The molecule has 0 aliphatic carbocycles. The number of benzene rings is 2. The van der Waals surface area contributed by atoms with Gasteiger partial charge in [0.1, 0.15) is 23.1 Å². The SMILES string of the molecule is CCc1nc(NCc2ccc(OC)cc2)cnc1-c1cc(OC(F)(F)F)ccc1OC. The number of aryl methyl sites for hydroxylation is 1. The Hall–Kier alpha value is -3.49. The molecule has 31 heavy (non-hydrogen) atoms. The molecule has 0 spiro atoms. The van der Waals surface area contributed by atoms with Gasteiger partial charge in [-0.05, 0) is 42.3 Å². The van der Waals surface area contributed by atoms with Crippen molar-refractivity contribution in [2.24, 2.45) is 0 Å². The summed E-state index contributed by atoms with van der Waals surface area (Å²) in [5.74, 6) is 1.34. The summed E-state index contributed by atoms with van der Waals surface area (Å²) in [4.78, 5) is 9.02. The number of ether oxygens (including phenoxy) is 3. The van der Waals surface area contributed by atoms with E-state index in [4.69, 9.17) is 9.47 Å². The summed E-state index contributed by atoms with van der Waals surface area (Å²) in [5, 5.41) is 3.20. The highest BCUT2D eigenvalue weighted by atomic mass is 19.4. The van der Waals surface area contributed by atoms with Crippen molar-refractivity contribution in [2.75, 3.05) is 19.5 Å². The van der Waals surface area contributed by atoms with E-state index in [1.165, 1.54) is 31.5 Å². The maximum atomic E-state index is 12.6. The fourth-order valence-corrected chi connectivity index (χ4v) is 2.99. The zero-order valence-corrected chi connectivity index (χ0v) is 17.3. The number of halogens is 3. The summed E-state index contributed by atoms with van der Waals surface area (Å²) in [6.45, 7) is 2.42. The van der Waals surface area contributed by atoms with Crippen molar-refractivity contribution in [3.63, 3.8) is 0 Å². The van der Waals surface area contributed by atoms with Gasteiger partial charge in [-0.2, -0.15) is 0 Å². The molecule has 1 heterocycles. The van der Waals surface area contributed by atoms with Crippen LogP contribution in [0, 0.1) is 0 Å². The Balaban J connectivity index is 1.86. The van der Waals surface area contributed by atoms with Gasteiger partial charge in [0.05, 0.1) is 31.8 Å². The summed E-state index contributed by atoms with van der Waals surface area (Å²) >= 11 is 0. The predicted octanol–water partition coefficient (Wildman–Crippen LogP) is 5.23. The molecule has 6 nitrogen and oxygen atoms in total. The molecule has 3 aromatic rings. The summed E-state index contributed by atoms with van der Waals surface area (Å²) in [6.07, 6.45) is -2.73. The van der Waals surface area contributed by atoms with E-state index in [9.17, 15) is 13.2 Å². The second-order valence-corrected chi connectivity index (χ2v) is 6.52. The Kier molecular flexibility index (Phi) is 6.84. The molecule has 0 unspecified atom stereocenters. The third kappa shape index (κ3) is 5.78. The summed E-state index contributed by atoms with van der Waals surface area (Å²) in [5.41, 5.74) is 2.45. The molecule has 0 saturated carbocycles.